The number of nitrogens with zero attached hydrogens (tertiary/aromatic N) is 5. The first-order valence-electron chi connectivity index (χ1n) is 13.8. The number of ether oxygens (including phenoxy) is 1. The predicted octanol–water partition coefficient (Wildman–Crippen LogP) is 5.64. The summed E-state index contributed by atoms with van der Waals surface area (Å²) in [5, 5.41) is 14.2. The van der Waals surface area contributed by atoms with E-state index in [1.807, 2.05) is 60.1 Å². The third kappa shape index (κ3) is 5.16. The summed E-state index contributed by atoms with van der Waals surface area (Å²) >= 11 is 0. The van der Waals surface area contributed by atoms with Crippen LogP contribution >= 0.6 is 0 Å². The van der Waals surface area contributed by atoms with E-state index in [1.54, 1.807) is 13.4 Å². The minimum atomic E-state index is -0.517. The standard InChI is InChI=1S/C31H34N6O3/c1-20-15-21(2)26-17-27(31(38)32-28(26)16-20)29(30-33-34-35-37(30)23-7-4-5-8-23)36(19-25-9-6-14-40-25)18-22-10-12-24(39-3)13-11-22/h6,9-17,23,29H,4-5,7-8,18-19H2,1-3H3,(H,32,38)/t29-/m1/s1. The van der Waals surface area contributed by atoms with Crippen molar-refractivity contribution < 1.29 is 9.15 Å². The van der Waals surface area contributed by atoms with Crippen molar-refractivity contribution in [2.45, 2.75) is 64.7 Å². The number of rotatable bonds is 9. The molecule has 1 fully saturated rings. The number of hydrogen-bond donors (Lipinski definition) is 1. The Morgan fingerprint density at radius 1 is 1.10 bits per heavy atom. The van der Waals surface area contributed by atoms with Crippen LogP contribution in [-0.2, 0) is 13.1 Å². The lowest BCUT2D eigenvalue weighted by atomic mass is 9.99. The maximum atomic E-state index is 13.9. The number of tetrazole rings is 1. The van der Waals surface area contributed by atoms with Crippen LogP contribution in [0, 0.1) is 13.8 Å². The molecular weight excluding hydrogens is 504 g/mol. The third-order valence-corrected chi connectivity index (χ3v) is 7.92. The number of methoxy groups -OCH3 is 1. The average molecular weight is 539 g/mol. The molecule has 0 amide bonds. The molecule has 9 nitrogen and oxygen atoms in total. The first kappa shape index (κ1) is 26.0. The van der Waals surface area contributed by atoms with Gasteiger partial charge in [0.15, 0.2) is 5.82 Å². The number of fused-ring (bicyclic) bond motifs is 1. The minimum absolute atomic E-state index is 0.150. The van der Waals surface area contributed by atoms with Crippen molar-refractivity contribution in [2.75, 3.05) is 7.11 Å². The quantitative estimate of drug-likeness (QED) is 0.259. The van der Waals surface area contributed by atoms with Gasteiger partial charge in [-0.3, -0.25) is 9.69 Å². The molecule has 1 atom stereocenters. The van der Waals surface area contributed by atoms with Crippen LogP contribution in [0.5, 0.6) is 5.75 Å². The molecule has 0 saturated heterocycles. The summed E-state index contributed by atoms with van der Waals surface area (Å²) in [5.74, 6) is 2.25. The van der Waals surface area contributed by atoms with Crippen LogP contribution in [0.3, 0.4) is 0 Å². The predicted molar refractivity (Wildman–Crippen MR) is 152 cm³/mol. The highest BCUT2D eigenvalue weighted by molar-refractivity contribution is 5.83. The van der Waals surface area contributed by atoms with E-state index in [2.05, 4.69) is 38.4 Å². The lowest BCUT2D eigenvalue weighted by Gasteiger charge is -2.31. The molecule has 9 heteroatoms. The summed E-state index contributed by atoms with van der Waals surface area (Å²) in [6.07, 6.45) is 6.01. The van der Waals surface area contributed by atoms with Gasteiger partial charge in [0.05, 0.1) is 26.0 Å². The fraction of sp³-hybridized carbons (Fsp3) is 0.355. The molecule has 3 heterocycles. The van der Waals surface area contributed by atoms with Gasteiger partial charge in [-0.05, 0) is 90.2 Å². The molecule has 0 spiro atoms. The molecule has 6 rings (SSSR count). The minimum Gasteiger partial charge on any atom is -0.497 e. The van der Waals surface area contributed by atoms with E-state index in [9.17, 15) is 4.79 Å². The SMILES string of the molecule is COc1ccc(CN(Cc2ccco2)[C@H](c2cc3c(C)cc(C)cc3[nH]c2=O)c2nnnn2C2CCCC2)cc1. The number of aromatic nitrogens is 5. The Hall–Kier alpha value is -4.24. The maximum Gasteiger partial charge on any atom is 0.253 e. The highest BCUT2D eigenvalue weighted by Gasteiger charge is 2.34. The van der Waals surface area contributed by atoms with Crippen LogP contribution in [0.2, 0.25) is 0 Å². The van der Waals surface area contributed by atoms with Crippen LogP contribution in [-0.4, -0.2) is 37.2 Å². The zero-order valence-electron chi connectivity index (χ0n) is 23.1. The Morgan fingerprint density at radius 3 is 2.62 bits per heavy atom. The Kier molecular flexibility index (Phi) is 7.21. The van der Waals surface area contributed by atoms with E-state index in [0.29, 0.717) is 24.5 Å². The molecule has 0 unspecified atom stereocenters. The van der Waals surface area contributed by atoms with Gasteiger partial charge in [-0.1, -0.05) is 31.0 Å². The van der Waals surface area contributed by atoms with Gasteiger partial charge in [0.1, 0.15) is 17.6 Å². The number of aromatic amines is 1. The van der Waals surface area contributed by atoms with E-state index in [-0.39, 0.29) is 11.6 Å². The molecule has 5 aromatic rings. The number of furan rings is 1. The van der Waals surface area contributed by atoms with Crippen LogP contribution < -0.4 is 10.3 Å². The first-order valence-corrected chi connectivity index (χ1v) is 13.8. The van der Waals surface area contributed by atoms with Crippen LogP contribution in [0.4, 0.5) is 0 Å². The zero-order valence-corrected chi connectivity index (χ0v) is 23.1. The molecular formula is C31H34N6O3. The molecule has 0 radical (unpaired) electrons. The largest absolute Gasteiger partial charge is 0.497 e. The average Bonchev–Trinajstić information content (AvgIpc) is 3.73. The number of nitrogens with one attached hydrogen (secondary N) is 1. The van der Waals surface area contributed by atoms with E-state index < -0.39 is 6.04 Å². The van der Waals surface area contributed by atoms with E-state index >= 15 is 0 Å². The summed E-state index contributed by atoms with van der Waals surface area (Å²) in [7, 11) is 1.66. The van der Waals surface area contributed by atoms with Crippen molar-refractivity contribution in [3.8, 4) is 5.75 Å². The molecule has 1 aliphatic carbocycles. The molecule has 1 saturated carbocycles. The van der Waals surface area contributed by atoms with Crippen molar-refractivity contribution in [3.05, 3.63) is 105 Å². The fourth-order valence-electron chi connectivity index (χ4n) is 5.99. The number of aryl methyl sites for hydroxylation is 2. The number of benzene rings is 2. The van der Waals surface area contributed by atoms with Crippen LogP contribution in [0.1, 0.15) is 71.6 Å². The third-order valence-electron chi connectivity index (χ3n) is 7.92. The Bertz CT molecular complexity index is 1650. The van der Waals surface area contributed by atoms with Crippen LogP contribution in [0.25, 0.3) is 10.9 Å². The highest BCUT2D eigenvalue weighted by atomic mass is 16.5. The summed E-state index contributed by atoms with van der Waals surface area (Å²) < 4.78 is 13.1. The molecule has 2 aromatic carbocycles. The number of H-pyrrole nitrogens is 1. The lowest BCUT2D eigenvalue weighted by Crippen LogP contribution is -2.35. The van der Waals surface area contributed by atoms with Crippen LogP contribution in [0.15, 0.2) is 70.1 Å². The molecule has 3 aromatic heterocycles. The lowest BCUT2D eigenvalue weighted by molar-refractivity contribution is 0.176. The fourth-order valence-corrected chi connectivity index (χ4v) is 5.99. The van der Waals surface area contributed by atoms with E-state index in [1.165, 1.54) is 0 Å². The van der Waals surface area contributed by atoms with Gasteiger partial charge in [0, 0.05) is 23.0 Å². The van der Waals surface area contributed by atoms with Gasteiger partial charge >= 0.3 is 0 Å². The smallest absolute Gasteiger partial charge is 0.253 e. The number of hydrogen-bond acceptors (Lipinski definition) is 7. The molecule has 1 aliphatic rings. The summed E-state index contributed by atoms with van der Waals surface area (Å²) in [4.78, 5) is 19.3. The Labute approximate surface area is 232 Å². The van der Waals surface area contributed by atoms with Gasteiger partial charge < -0.3 is 14.1 Å². The summed E-state index contributed by atoms with van der Waals surface area (Å²) in [5.41, 5.74) is 4.56. The normalized spacial score (nSPS) is 14.8. The number of pyridine rings is 1. The van der Waals surface area contributed by atoms with Gasteiger partial charge in [0.2, 0.25) is 0 Å². The zero-order chi connectivity index (χ0) is 27.6. The van der Waals surface area contributed by atoms with Crippen molar-refractivity contribution >= 4 is 10.9 Å². The highest BCUT2D eigenvalue weighted by Crippen LogP contribution is 2.35. The molecule has 0 aliphatic heterocycles. The molecule has 0 bridgehead atoms. The Balaban J connectivity index is 1.53. The van der Waals surface area contributed by atoms with Crippen molar-refractivity contribution in [2.24, 2.45) is 0 Å². The molecule has 40 heavy (non-hydrogen) atoms. The van der Waals surface area contributed by atoms with Crippen molar-refractivity contribution in [3.63, 3.8) is 0 Å². The topological polar surface area (TPSA) is 102 Å². The van der Waals surface area contributed by atoms with Crippen molar-refractivity contribution in [1.29, 1.82) is 0 Å². The second kappa shape index (κ2) is 11.1. The maximum absolute atomic E-state index is 13.9. The van der Waals surface area contributed by atoms with Crippen molar-refractivity contribution in [1.82, 2.24) is 30.1 Å². The summed E-state index contributed by atoms with van der Waals surface area (Å²) in [6, 6.07) is 17.7. The second-order valence-electron chi connectivity index (χ2n) is 10.8. The monoisotopic (exact) mass is 538 g/mol. The van der Waals surface area contributed by atoms with E-state index in [0.717, 1.165) is 64.8 Å². The summed E-state index contributed by atoms with van der Waals surface area (Å²) in [6.45, 7) is 5.12. The molecule has 206 valence electrons. The molecule has 1 N–H and O–H groups in total. The van der Waals surface area contributed by atoms with Gasteiger partial charge in [0.25, 0.3) is 5.56 Å². The van der Waals surface area contributed by atoms with Gasteiger partial charge in [-0.15, -0.1) is 5.10 Å². The van der Waals surface area contributed by atoms with Gasteiger partial charge in [-0.2, -0.15) is 0 Å². The Morgan fingerprint density at radius 2 is 1.90 bits per heavy atom. The van der Waals surface area contributed by atoms with Gasteiger partial charge in [-0.25, -0.2) is 4.68 Å². The first-order chi connectivity index (χ1) is 19.5. The second-order valence-corrected chi connectivity index (χ2v) is 10.8. The van der Waals surface area contributed by atoms with E-state index in [4.69, 9.17) is 9.15 Å².